The molecule has 0 saturated heterocycles. The van der Waals surface area contributed by atoms with Gasteiger partial charge in [0.05, 0.1) is 19.8 Å². The van der Waals surface area contributed by atoms with E-state index in [2.05, 4.69) is 13.2 Å². The van der Waals surface area contributed by atoms with Crippen molar-refractivity contribution in [3.05, 3.63) is 25.3 Å². The molecule has 2 atom stereocenters. The second-order valence-corrected chi connectivity index (χ2v) is 6.80. The lowest BCUT2D eigenvalue weighted by molar-refractivity contribution is -0.143. The number of phosphoric acid groups is 1. The van der Waals surface area contributed by atoms with Crippen LogP contribution in [-0.2, 0) is 37.2 Å². The molecule has 0 aromatic rings. The highest BCUT2D eigenvalue weighted by atomic mass is 31.2. The summed E-state index contributed by atoms with van der Waals surface area (Å²) < 4.78 is 38.1. The van der Waals surface area contributed by atoms with E-state index < -0.39 is 32.0 Å². The number of ether oxygens (including phenoxy) is 2. The number of hydrogen-bond donors (Lipinski definition) is 0. The van der Waals surface area contributed by atoms with Crippen molar-refractivity contribution >= 4 is 19.8 Å². The molecule has 0 fully saturated rings. The first-order valence-corrected chi connectivity index (χ1v) is 9.42. The Hall–Kier alpha value is -1.47. The van der Waals surface area contributed by atoms with Crippen LogP contribution in [0.2, 0.25) is 0 Å². The topological polar surface area (TPSA) is 97.4 Å². The van der Waals surface area contributed by atoms with Crippen LogP contribution in [0.3, 0.4) is 0 Å². The van der Waals surface area contributed by atoms with Crippen LogP contribution >= 0.6 is 7.82 Å². The molecule has 0 saturated carbocycles. The Morgan fingerprint density at radius 3 is 1.76 bits per heavy atom. The average molecular weight is 378 g/mol. The molecule has 0 bridgehead atoms. The van der Waals surface area contributed by atoms with E-state index in [1.54, 1.807) is 13.8 Å². The van der Waals surface area contributed by atoms with Crippen LogP contribution in [0.5, 0.6) is 0 Å². The van der Waals surface area contributed by atoms with E-state index in [9.17, 15) is 14.2 Å². The number of unbranched alkanes of at least 4 members (excludes halogenated alkanes) is 1. The maximum absolute atomic E-state index is 12.6. The minimum absolute atomic E-state index is 0.176. The second-order valence-electron chi connectivity index (χ2n) is 5.13. The average Bonchev–Trinajstić information content (AvgIpc) is 2.58. The summed E-state index contributed by atoms with van der Waals surface area (Å²) in [6, 6.07) is 0. The number of rotatable bonds is 14. The van der Waals surface area contributed by atoms with Crippen molar-refractivity contribution in [3.8, 4) is 0 Å². The quantitative estimate of drug-likeness (QED) is 0.197. The van der Waals surface area contributed by atoms with Crippen molar-refractivity contribution in [2.45, 2.75) is 45.8 Å². The molecule has 0 aliphatic carbocycles. The molecule has 144 valence electrons. The molecule has 0 spiro atoms. The molecular formula is C16H27O8P. The zero-order valence-corrected chi connectivity index (χ0v) is 15.9. The van der Waals surface area contributed by atoms with Crippen molar-refractivity contribution in [1.29, 1.82) is 0 Å². The Balaban J connectivity index is 4.62. The summed E-state index contributed by atoms with van der Waals surface area (Å²) in [5.41, 5.74) is 0. The molecule has 25 heavy (non-hydrogen) atoms. The predicted molar refractivity (Wildman–Crippen MR) is 91.9 cm³/mol. The van der Waals surface area contributed by atoms with Crippen LogP contribution in [0.15, 0.2) is 25.3 Å². The maximum atomic E-state index is 12.6. The minimum atomic E-state index is -3.89. The summed E-state index contributed by atoms with van der Waals surface area (Å²) in [5.74, 6) is -1.24. The summed E-state index contributed by atoms with van der Waals surface area (Å²) in [6.07, 6.45) is 2.18. The Morgan fingerprint density at radius 2 is 1.40 bits per heavy atom. The van der Waals surface area contributed by atoms with Crippen LogP contribution in [0.4, 0.5) is 0 Å². The van der Waals surface area contributed by atoms with Crippen LogP contribution < -0.4 is 0 Å². The van der Waals surface area contributed by atoms with Gasteiger partial charge in [-0.25, -0.2) is 14.2 Å². The molecule has 9 heteroatoms. The summed E-state index contributed by atoms with van der Waals surface area (Å²) in [7, 11) is -3.89. The van der Waals surface area contributed by atoms with Crippen molar-refractivity contribution in [3.63, 3.8) is 0 Å². The Morgan fingerprint density at radius 1 is 0.960 bits per heavy atom. The number of carbonyl (C=O) groups excluding carboxylic acids is 2. The number of carbonyl (C=O) groups is 2. The molecule has 0 aromatic carbocycles. The van der Waals surface area contributed by atoms with Gasteiger partial charge in [0.2, 0.25) is 0 Å². The van der Waals surface area contributed by atoms with E-state index in [1.165, 1.54) is 0 Å². The first-order valence-electron chi connectivity index (χ1n) is 7.96. The molecule has 8 nitrogen and oxygen atoms in total. The van der Waals surface area contributed by atoms with E-state index >= 15 is 0 Å². The lowest BCUT2D eigenvalue weighted by Crippen LogP contribution is -2.21. The van der Waals surface area contributed by atoms with E-state index in [4.69, 9.17) is 23.0 Å². The van der Waals surface area contributed by atoms with Crippen molar-refractivity contribution in [2.24, 2.45) is 0 Å². The lowest BCUT2D eigenvalue weighted by Gasteiger charge is -2.21. The molecule has 0 aliphatic heterocycles. The van der Waals surface area contributed by atoms with Gasteiger partial charge in [-0.3, -0.25) is 13.6 Å². The van der Waals surface area contributed by atoms with E-state index in [1.807, 2.05) is 6.92 Å². The number of hydrogen-bond acceptors (Lipinski definition) is 8. The van der Waals surface area contributed by atoms with Gasteiger partial charge in [0.15, 0.2) is 0 Å². The Bertz CT molecular complexity index is 455. The third kappa shape index (κ3) is 11.7. The molecule has 0 aromatic heterocycles. The Kier molecular flexibility index (Phi) is 12.1. The monoisotopic (exact) mass is 378 g/mol. The minimum Gasteiger partial charge on any atom is -0.457 e. The molecule has 0 rings (SSSR count). The van der Waals surface area contributed by atoms with Crippen LogP contribution in [0, 0.1) is 0 Å². The maximum Gasteiger partial charge on any atom is 0.475 e. The van der Waals surface area contributed by atoms with Gasteiger partial charge < -0.3 is 9.47 Å². The van der Waals surface area contributed by atoms with Gasteiger partial charge >= 0.3 is 19.8 Å². The third-order valence-electron chi connectivity index (χ3n) is 2.65. The smallest absolute Gasteiger partial charge is 0.457 e. The van der Waals surface area contributed by atoms with Crippen LogP contribution in [0.25, 0.3) is 0 Å². The van der Waals surface area contributed by atoms with Gasteiger partial charge in [-0.2, -0.15) is 0 Å². The third-order valence-corrected chi connectivity index (χ3v) is 4.08. The normalized spacial score (nSPS) is 15.5. The summed E-state index contributed by atoms with van der Waals surface area (Å²) in [4.78, 5) is 22.2. The lowest BCUT2D eigenvalue weighted by atomic mass is 10.4. The summed E-state index contributed by atoms with van der Waals surface area (Å²) in [6.45, 7) is 11.4. The first kappa shape index (κ1) is 23.5. The highest BCUT2D eigenvalue weighted by Gasteiger charge is 2.29. The van der Waals surface area contributed by atoms with E-state index in [0.29, 0.717) is 6.42 Å². The Labute approximate surface area is 148 Å². The predicted octanol–water partition coefficient (Wildman–Crippen LogP) is 3.18. The molecule has 0 aliphatic rings. The standard InChI is InChI=1S/C16H27O8P/c1-6-9-10-20-25(19,21-11-13(4)23-15(17)7-2)22-12-14(5)24-16(18)8-3/h7-8,13-14H,2-3,6,9-12H2,1,4-5H3. The molecule has 0 amide bonds. The SMILES string of the molecule is C=CC(=O)OC(C)COP(=O)(OCCCC)OCC(C)OC(=O)C=C. The first-order chi connectivity index (χ1) is 11.8. The molecule has 0 N–H and O–H groups in total. The van der Waals surface area contributed by atoms with Gasteiger partial charge in [-0.1, -0.05) is 26.5 Å². The zero-order chi connectivity index (χ0) is 19.3. The molecule has 0 radical (unpaired) electrons. The summed E-state index contributed by atoms with van der Waals surface area (Å²) >= 11 is 0. The fourth-order valence-corrected chi connectivity index (χ4v) is 2.75. The van der Waals surface area contributed by atoms with Crippen molar-refractivity contribution in [2.75, 3.05) is 19.8 Å². The second kappa shape index (κ2) is 12.8. The highest BCUT2D eigenvalue weighted by Crippen LogP contribution is 2.49. The van der Waals surface area contributed by atoms with Crippen molar-refractivity contribution < 1.29 is 37.2 Å². The number of phosphoric ester groups is 1. The molecule has 0 heterocycles. The largest absolute Gasteiger partial charge is 0.475 e. The van der Waals surface area contributed by atoms with Gasteiger partial charge in [0.1, 0.15) is 12.2 Å². The van der Waals surface area contributed by atoms with Gasteiger partial charge in [0, 0.05) is 12.2 Å². The number of esters is 2. The fraction of sp³-hybridized carbons (Fsp3) is 0.625. The van der Waals surface area contributed by atoms with E-state index in [0.717, 1.165) is 18.6 Å². The van der Waals surface area contributed by atoms with Crippen molar-refractivity contribution in [1.82, 2.24) is 0 Å². The van der Waals surface area contributed by atoms with Gasteiger partial charge in [-0.15, -0.1) is 0 Å². The van der Waals surface area contributed by atoms with Crippen LogP contribution in [-0.4, -0.2) is 44.0 Å². The van der Waals surface area contributed by atoms with Crippen LogP contribution in [0.1, 0.15) is 33.6 Å². The van der Waals surface area contributed by atoms with Gasteiger partial charge in [-0.05, 0) is 20.3 Å². The van der Waals surface area contributed by atoms with Gasteiger partial charge in [0.25, 0.3) is 0 Å². The molecular weight excluding hydrogens is 351 g/mol. The fourth-order valence-electron chi connectivity index (χ4n) is 1.39. The zero-order valence-electron chi connectivity index (χ0n) is 15.0. The summed E-state index contributed by atoms with van der Waals surface area (Å²) in [5, 5.41) is 0. The molecule has 2 unspecified atom stereocenters. The highest BCUT2D eigenvalue weighted by molar-refractivity contribution is 7.48. The van der Waals surface area contributed by atoms with E-state index in [-0.39, 0.29) is 19.8 Å².